The van der Waals surface area contributed by atoms with Gasteiger partial charge in [-0.2, -0.15) is 0 Å². The van der Waals surface area contributed by atoms with Crippen molar-refractivity contribution >= 4 is 17.5 Å². The van der Waals surface area contributed by atoms with Crippen molar-refractivity contribution in [2.75, 3.05) is 32.7 Å². The zero-order valence-corrected chi connectivity index (χ0v) is 14.4. The van der Waals surface area contributed by atoms with Crippen molar-refractivity contribution in [3.63, 3.8) is 0 Å². The molecule has 1 aliphatic rings. The van der Waals surface area contributed by atoms with Gasteiger partial charge in [-0.3, -0.25) is 14.3 Å². The van der Waals surface area contributed by atoms with Gasteiger partial charge in [-0.1, -0.05) is 11.6 Å². The van der Waals surface area contributed by atoms with Gasteiger partial charge in [0.05, 0.1) is 11.1 Å². The monoisotopic (exact) mass is 348 g/mol. The van der Waals surface area contributed by atoms with E-state index < -0.39 is 0 Å². The summed E-state index contributed by atoms with van der Waals surface area (Å²) in [6, 6.07) is 7.13. The molecule has 0 spiro atoms. The first-order valence-electron chi connectivity index (χ1n) is 8.04. The molecule has 1 fully saturated rings. The number of aliphatic hydroxyl groups is 1. The number of hydrogen-bond acceptors (Lipinski definition) is 4. The Balaban J connectivity index is 1.74. The van der Waals surface area contributed by atoms with Crippen LogP contribution in [-0.2, 0) is 0 Å². The van der Waals surface area contributed by atoms with E-state index in [1.54, 1.807) is 42.1 Å². The molecule has 1 unspecified atom stereocenters. The second-order valence-electron chi connectivity index (χ2n) is 6.01. The molecule has 1 atom stereocenters. The van der Waals surface area contributed by atoms with Crippen LogP contribution in [0.25, 0.3) is 5.82 Å². The average molecular weight is 349 g/mol. The molecule has 0 aromatic carbocycles. The molecule has 3 heterocycles. The fourth-order valence-corrected chi connectivity index (χ4v) is 3.18. The minimum atomic E-state index is -0.351. The molecular formula is C17H21ClN4O2. The van der Waals surface area contributed by atoms with Crippen LogP contribution in [0.3, 0.4) is 0 Å². The maximum atomic E-state index is 12.9. The van der Waals surface area contributed by atoms with Crippen LogP contribution in [0.2, 0.25) is 5.02 Å². The lowest BCUT2D eigenvalue weighted by molar-refractivity contribution is 0.0547. The number of rotatable bonds is 4. The Bertz CT molecular complexity index is 708. The molecule has 1 saturated heterocycles. The number of nitrogens with zero attached hydrogens (tertiary/aromatic N) is 4. The van der Waals surface area contributed by atoms with Crippen LogP contribution in [0, 0.1) is 0 Å². The lowest BCUT2D eigenvalue weighted by Gasteiger charge is -2.35. The number of carbonyl (C=O) groups is 1. The van der Waals surface area contributed by atoms with Crippen molar-refractivity contribution in [3.8, 4) is 5.82 Å². The summed E-state index contributed by atoms with van der Waals surface area (Å²) in [4.78, 5) is 21.1. The zero-order valence-electron chi connectivity index (χ0n) is 13.6. The molecule has 3 rings (SSSR count). The average Bonchev–Trinajstić information content (AvgIpc) is 3.04. The van der Waals surface area contributed by atoms with Gasteiger partial charge < -0.3 is 10.0 Å². The maximum absolute atomic E-state index is 12.9. The Hall–Kier alpha value is -1.89. The van der Waals surface area contributed by atoms with E-state index in [0.29, 0.717) is 36.2 Å². The summed E-state index contributed by atoms with van der Waals surface area (Å²) < 4.78 is 1.73. The smallest absolute Gasteiger partial charge is 0.270 e. The summed E-state index contributed by atoms with van der Waals surface area (Å²) in [7, 11) is 0. The Labute approximate surface area is 146 Å². The zero-order chi connectivity index (χ0) is 17.1. The Morgan fingerprint density at radius 3 is 2.71 bits per heavy atom. The van der Waals surface area contributed by atoms with Crippen LogP contribution < -0.4 is 0 Å². The van der Waals surface area contributed by atoms with Crippen molar-refractivity contribution in [1.29, 1.82) is 0 Å². The van der Waals surface area contributed by atoms with Gasteiger partial charge in [0, 0.05) is 45.1 Å². The molecule has 0 radical (unpaired) electrons. The van der Waals surface area contributed by atoms with Gasteiger partial charge >= 0.3 is 0 Å². The van der Waals surface area contributed by atoms with Gasteiger partial charge in [0.25, 0.3) is 5.91 Å². The highest BCUT2D eigenvalue weighted by Gasteiger charge is 2.25. The van der Waals surface area contributed by atoms with Crippen molar-refractivity contribution in [2.24, 2.45) is 0 Å². The van der Waals surface area contributed by atoms with Crippen LogP contribution in [-0.4, -0.2) is 69.2 Å². The Morgan fingerprint density at radius 2 is 2.04 bits per heavy atom. The fourth-order valence-electron chi connectivity index (χ4n) is 2.96. The molecule has 1 amide bonds. The van der Waals surface area contributed by atoms with Gasteiger partial charge in [-0.15, -0.1) is 0 Å². The number of aromatic nitrogens is 2. The normalized spacial score (nSPS) is 17.0. The fraction of sp³-hybridized carbons (Fsp3) is 0.412. The predicted octanol–water partition coefficient (Wildman–Crippen LogP) is 1.66. The quantitative estimate of drug-likeness (QED) is 0.913. The molecule has 1 N–H and O–H groups in total. The topological polar surface area (TPSA) is 61.6 Å². The molecule has 0 saturated carbocycles. The number of β-amino-alcohol motifs (C(OH)–C–C–N with tert-alkyl or cyclic N) is 1. The Kier molecular flexibility index (Phi) is 5.18. The molecule has 7 heteroatoms. The number of carbonyl (C=O) groups excluding carboxylic acids is 1. The summed E-state index contributed by atoms with van der Waals surface area (Å²) in [5, 5.41) is 9.98. The van der Waals surface area contributed by atoms with Crippen LogP contribution in [0.1, 0.15) is 17.4 Å². The molecule has 2 aromatic rings. The summed E-state index contributed by atoms with van der Waals surface area (Å²) in [6.45, 7) is 5.24. The van der Waals surface area contributed by atoms with Gasteiger partial charge in [-0.05, 0) is 31.2 Å². The molecule has 128 valence electrons. The van der Waals surface area contributed by atoms with Gasteiger partial charge in [0.2, 0.25) is 0 Å². The van der Waals surface area contributed by atoms with Crippen molar-refractivity contribution < 1.29 is 9.90 Å². The molecule has 0 aliphatic carbocycles. The van der Waals surface area contributed by atoms with Crippen molar-refractivity contribution in [1.82, 2.24) is 19.4 Å². The summed E-state index contributed by atoms with van der Waals surface area (Å²) in [6.07, 6.45) is 3.10. The third-order valence-corrected chi connectivity index (χ3v) is 4.41. The number of piperazine rings is 1. The van der Waals surface area contributed by atoms with E-state index in [0.717, 1.165) is 13.1 Å². The molecule has 6 nitrogen and oxygen atoms in total. The number of halogens is 1. The van der Waals surface area contributed by atoms with Crippen molar-refractivity contribution in [2.45, 2.75) is 13.0 Å². The van der Waals surface area contributed by atoms with Crippen LogP contribution in [0.5, 0.6) is 0 Å². The van der Waals surface area contributed by atoms with Crippen molar-refractivity contribution in [3.05, 3.63) is 47.4 Å². The largest absolute Gasteiger partial charge is 0.392 e. The van der Waals surface area contributed by atoms with E-state index in [1.165, 1.54) is 0 Å². The predicted molar refractivity (Wildman–Crippen MR) is 92.6 cm³/mol. The number of hydrogen-bond donors (Lipinski definition) is 1. The minimum absolute atomic E-state index is 0.0292. The number of aliphatic hydroxyl groups excluding tert-OH is 1. The molecule has 2 aromatic heterocycles. The van der Waals surface area contributed by atoms with Crippen LogP contribution in [0.4, 0.5) is 0 Å². The second-order valence-corrected chi connectivity index (χ2v) is 6.42. The number of pyridine rings is 1. The highest BCUT2D eigenvalue weighted by molar-refractivity contribution is 6.32. The maximum Gasteiger partial charge on any atom is 0.270 e. The molecule has 1 aliphatic heterocycles. The first-order chi connectivity index (χ1) is 11.6. The van der Waals surface area contributed by atoms with E-state index in [9.17, 15) is 9.90 Å². The van der Waals surface area contributed by atoms with Gasteiger partial charge in [-0.25, -0.2) is 4.98 Å². The van der Waals surface area contributed by atoms with E-state index in [-0.39, 0.29) is 12.0 Å². The number of amides is 1. The summed E-state index contributed by atoms with van der Waals surface area (Å²) in [5.41, 5.74) is 0.555. The SMILES string of the molecule is CC(O)CN1CCN(C(=O)c2cccn2-c2ncccc2Cl)CC1. The highest BCUT2D eigenvalue weighted by Crippen LogP contribution is 2.20. The highest BCUT2D eigenvalue weighted by atomic mass is 35.5. The molecular weight excluding hydrogens is 328 g/mol. The van der Waals surface area contributed by atoms with Crippen LogP contribution in [0.15, 0.2) is 36.7 Å². The summed E-state index contributed by atoms with van der Waals surface area (Å²) in [5.74, 6) is 0.527. The minimum Gasteiger partial charge on any atom is -0.392 e. The van der Waals surface area contributed by atoms with Gasteiger partial charge in [0.1, 0.15) is 5.69 Å². The third kappa shape index (κ3) is 3.61. The lowest BCUT2D eigenvalue weighted by Crippen LogP contribution is -2.50. The third-order valence-electron chi connectivity index (χ3n) is 4.12. The molecule has 24 heavy (non-hydrogen) atoms. The lowest BCUT2D eigenvalue weighted by atomic mass is 10.2. The van der Waals surface area contributed by atoms with E-state index >= 15 is 0 Å². The first kappa shape index (κ1) is 17.0. The Morgan fingerprint density at radius 1 is 1.29 bits per heavy atom. The summed E-state index contributed by atoms with van der Waals surface area (Å²) >= 11 is 6.21. The standard InChI is InChI=1S/C17H21ClN4O2/c1-13(23)12-20-8-10-21(11-9-20)17(24)15-5-3-7-22(15)16-14(18)4-2-6-19-16/h2-7,13,23H,8-12H2,1H3. The van der Waals surface area contributed by atoms with Gasteiger partial charge in [0.15, 0.2) is 5.82 Å². The first-order valence-corrected chi connectivity index (χ1v) is 8.42. The van der Waals surface area contributed by atoms with E-state index in [4.69, 9.17) is 11.6 Å². The molecule has 0 bridgehead atoms. The second kappa shape index (κ2) is 7.34. The van der Waals surface area contributed by atoms with E-state index in [1.807, 2.05) is 11.0 Å². The van der Waals surface area contributed by atoms with E-state index in [2.05, 4.69) is 9.88 Å². The van der Waals surface area contributed by atoms with Crippen LogP contribution >= 0.6 is 11.6 Å².